The van der Waals surface area contributed by atoms with Gasteiger partial charge in [0.05, 0.1) is 5.52 Å². The van der Waals surface area contributed by atoms with Gasteiger partial charge in [0.1, 0.15) is 12.1 Å². The number of aromatic nitrogens is 2. The number of anilines is 1. The first-order valence-corrected chi connectivity index (χ1v) is 5.99. The quantitative estimate of drug-likeness (QED) is 0.844. The van der Waals surface area contributed by atoms with Gasteiger partial charge in [-0.2, -0.15) is 0 Å². The molecule has 1 N–H and O–H groups in total. The van der Waals surface area contributed by atoms with E-state index in [0.717, 1.165) is 29.8 Å². The van der Waals surface area contributed by atoms with E-state index in [0.29, 0.717) is 6.04 Å². The van der Waals surface area contributed by atoms with E-state index in [1.807, 2.05) is 18.2 Å². The minimum atomic E-state index is 0.535. The number of hydrogen-bond acceptors (Lipinski definition) is 4. The second-order valence-corrected chi connectivity index (χ2v) is 4.47. The van der Waals surface area contributed by atoms with Gasteiger partial charge in [0.2, 0.25) is 0 Å². The number of nitrogens with one attached hydrogen (secondary N) is 1. The lowest BCUT2D eigenvalue weighted by molar-refractivity contribution is 0.679. The van der Waals surface area contributed by atoms with Crippen molar-refractivity contribution in [1.29, 1.82) is 0 Å². The molecule has 1 aromatic carbocycles. The maximum Gasteiger partial charge on any atom is 0.139 e. The van der Waals surface area contributed by atoms with E-state index in [-0.39, 0.29) is 0 Å². The van der Waals surface area contributed by atoms with Gasteiger partial charge in [-0.1, -0.05) is 12.1 Å². The fourth-order valence-corrected chi connectivity index (χ4v) is 2.41. The number of fused-ring (bicyclic) bond motifs is 1. The molecule has 17 heavy (non-hydrogen) atoms. The fourth-order valence-electron chi connectivity index (χ4n) is 2.41. The molecular weight excluding hydrogens is 212 g/mol. The molecule has 0 spiro atoms. The summed E-state index contributed by atoms with van der Waals surface area (Å²) >= 11 is 0. The number of para-hydroxylation sites is 1. The number of rotatable bonds is 2. The van der Waals surface area contributed by atoms with Gasteiger partial charge in [0, 0.05) is 25.0 Å². The summed E-state index contributed by atoms with van der Waals surface area (Å²) in [6.07, 6.45) is 2.82. The summed E-state index contributed by atoms with van der Waals surface area (Å²) in [6, 6.07) is 8.70. The predicted octanol–water partition coefficient (Wildman–Crippen LogP) is 1.43. The molecule has 0 unspecified atom stereocenters. The van der Waals surface area contributed by atoms with E-state index >= 15 is 0 Å². The molecule has 0 aliphatic carbocycles. The van der Waals surface area contributed by atoms with Crippen LogP contribution in [0, 0.1) is 0 Å². The summed E-state index contributed by atoms with van der Waals surface area (Å²) in [5.74, 6) is 1.03. The molecule has 1 saturated heterocycles. The highest BCUT2D eigenvalue weighted by Crippen LogP contribution is 2.24. The average Bonchev–Trinajstić information content (AvgIpc) is 2.91. The van der Waals surface area contributed by atoms with Crippen LogP contribution in [-0.4, -0.2) is 36.1 Å². The Morgan fingerprint density at radius 2 is 2.18 bits per heavy atom. The van der Waals surface area contributed by atoms with Crippen LogP contribution in [0.5, 0.6) is 0 Å². The lowest BCUT2D eigenvalue weighted by Crippen LogP contribution is -2.34. The highest BCUT2D eigenvalue weighted by atomic mass is 15.2. The molecule has 88 valence electrons. The molecule has 3 rings (SSSR count). The van der Waals surface area contributed by atoms with Gasteiger partial charge in [0.15, 0.2) is 0 Å². The smallest absolute Gasteiger partial charge is 0.139 e. The van der Waals surface area contributed by atoms with Crippen LogP contribution < -0.4 is 10.2 Å². The zero-order valence-corrected chi connectivity index (χ0v) is 9.93. The highest BCUT2D eigenvalue weighted by Gasteiger charge is 2.21. The van der Waals surface area contributed by atoms with Crippen molar-refractivity contribution in [2.45, 2.75) is 12.5 Å². The standard InChI is InChI=1S/C13H16N4/c1-17(10-6-7-14-8-10)13-11-4-2-3-5-12(11)15-9-16-13/h2-5,9-10,14H,6-8H2,1H3/t10-/m1/s1. The monoisotopic (exact) mass is 228 g/mol. The molecule has 0 radical (unpaired) electrons. The lowest BCUT2D eigenvalue weighted by Gasteiger charge is -2.25. The van der Waals surface area contributed by atoms with Crippen molar-refractivity contribution in [1.82, 2.24) is 15.3 Å². The summed E-state index contributed by atoms with van der Waals surface area (Å²) in [4.78, 5) is 11.0. The number of benzene rings is 1. The molecule has 2 aromatic rings. The van der Waals surface area contributed by atoms with E-state index in [2.05, 4.69) is 33.3 Å². The molecule has 1 fully saturated rings. The van der Waals surface area contributed by atoms with Gasteiger partial charge in [-0.15, -0.1) is 0 Å². The Bertz CT molecular complexity index is 514. The summed E-state index contributed by atoms with van der Waals surface area (Å²) in [7, 11) is 2.12. The first kappa shape index (κ1) is 10.5. The normalized spacial score (nSPS) is 19.7. The maximum absolute atomic E-state index is 4.44. The Morgan fingerprint density at radius 3 is 3.00 bits per heavy atom. The van der Waals surface area contributed by atoms with Crippen LogP contribution in [0.4, 0.5) is 5.82 Å². The third-order valence-corrected chi connectivity index (χ3v) is 3.44. The summed E-state index contributed by atoms with van der Waals surface area (Å²) in [6.45, 7) is 2.13. The summed E-state index contributed by atoms with van der Waals surface area (Å²) < 4.78 is 0. The van der Waals surface area contributed by atoms with Crippen LogP contribution in [0.15, 0.2) is 30.6 Å². The minimum Gasteiger partial charge on any atom is -0.355 e. The van der Waals surface area contributed by atoms with Crippen molar-refractivity contribution in [3.05, 3.63) is 30.6 Å². The van der Waals surface area contributed by atoms with Crippen LogP contribution in [0.2, 0.25) is 0 Å². The minimum absolute atomic E-state index is 0.535. The Kier molecular flexibility index (Phi) is 2.65. The topological polar surface area (TPSA) is 41.1 Å². The molecule has 0 saturated carbocycles. The third-order valence-electron chi connectivity index (χ3n) is 3.44. The molecule has 4 nitrogen and oxygen atoms in total. The molecule has 0 amide bonds. The van der Waals surface area contributed by atoms with Gasteiger partial charge in [-0.3, -0.25) is 0 Å². The van der Waals surface area contributed by atoms with Crippen LogP contribution in [0.1, 0.15) is 6.42 Å². The first-order chi connectivity index (χ1) is 8.36. The molecular formula is C13H16N4. The Balaban J connectivity index is 2.04. The molecule has 1 aliphatic heterocycles. The molecule has 0 bridgehead atoms. The van der Waals surface area contributed by atoms with E-state index in [9.17, 15) is 0 Å². The lowest BCUT2D eigenvalue weighted by atomic mass is 10.2. The first-order valence-electron chi connectivity index (χ1n) is 5.99. The SMILES string of the molecule is CN(c1ncnc2ccccc12)[C@@H]1CCNC1. The van der Waals surface area contributed by atoms with Crippen molar-refractivity contribution in [3.8, 4) is 0 Å². The van der Waals surface area contributed by atoms with Crippen molar-refractivity contribution in [2.24, 2.45) is 0 Å². The van der Waals surface area contributed by atoms with E-state index in [4.69, 9.17) is 0 Å². The fraction of sp³-hybridized carbons (Fsp3) is 0.385. The Hall–Kier alpha value is -1.68. The molecule has 2 heterocycles. The van der Waals surface area contributed by atoms with Gasteiger partial charge in [0.25, 0.3) is 0 Å². The molecule has 4 heteroatoms. The van der Waals surface area contributed by atoms with Crippen molar-refractivity contribution < 1.29 is 0 Å². The van der Waals surface area contributed by atoms with E-state index in [1.165, 1.54) is 6.42 Å². The van der Waals surface area contributed by atoms with Crippen LogP contribution in [-0.2, 0) is 0 Å². The maximum atomic E-state index is 4.44. The third kappa shape index (κ3) is 1.85. The van der Waals surface area contributed by atoms with Crippen LogP contribution in [0.25, 0.3) is 10.9 Å². The van der Waals surface area contributed by atoms with E-state index < -0.39 is 0 Å². The zero-order chi connectivity index (χ0) is 11.7. The van der Waals surface area contributed by atoms with Gasteiger partial charge in [-0.25, -0.2) is 9.97 Å². The number of hydrogen-bond donors (Lipinski definition) is 1. The van der Waals surface area contributed by atoms with Crippen LogP contribution >= 0.6 is 0 Å². The molecule has 1 aliphatic rings. The molecule has 1 aromatic heterocycles. The Labute approximate surface area is 101 Å². The van der Waals surface area contributed by atoms with Gasteiger partial charge < -0.3 is 10.2 Å². The van der Waals surface area contributed by atoms with Gasteiger partial charge in [-0.05, 0) is 25.1 Å². The van der Waals surface area contributed by atoms with Crippen molar-refractivity contribution in [2.75, 3.05) is 25.0 Å². The van der Waals surface area contributed by atoms with E-state index in [1.54, 1.807) is 6.33 Å². The zero-order valence-electron chi connectivity index (χ0n) is 9.93. The second-order valence-electron chi connectivity index (χ2n) is 4.47. The largest absolute Gasteiger partial charge is 0.355 e. The Morgan fingerprint density at radius 1 is 1.29 bits per heavy atom. The summed E-state index contributed by atoms with van der Waals surface area (Å²) in [5, 5.41) is 4.52. The highest BCUT2D eigenvalue weighted by molar-refractivity contribution is 5.89. The second kappa shape index (κ2) is 4.30. The summed E-state index contributed by atoms with van der Waals surface area (Å²) in [5.41, 5.74) is 1.01. The van der Waals surface area contributed by atoms with Crippen molar-refractivity contribution >= 4 is 16.7 Å². The van der Waals surface area contributed by atoms with Gasteiger partial charge >= 0.3 is 0 Å². The average molecular weight is 228 g/mol. The predicted molar refractivity (Wildman–Crippen MR) is 69.2 cm³/mol. The molecule has 1 atom stereocenters. The van der Waals surface area contributed by atoms with Crippen LogP contribution in [0.3, 0.4) is 0 Å². The number of nitrogens with zero attached hydrogens (tertiary/aromatic N) is 3. The van der Waals surface area contributed by atoms with Crippen molar-refractivity contribution in [3.63, 3.8) is 0 Å². The number of likely N-dealkylation sites (N-methyl/N-ethyl adjacent to an activating group) is 1.